The molecule has 1 heterocycles. The van der Waals surface area contributed by atoms with Gasteiger partial charge < -0.3 is 24.6 Å². The van der Waals surface area contributed by atoms with Crippen LogP contribution in [0, 0.1) is 5.92 Å². The van der Waals surface area contributed by atoms with Crippen molar-refractivity contribution in [1.82, 2.24) is 4.90 Å². The van der Waals surface area contributed by atoms with Crippen LogP contribution >= 0.6 is 0 Å². The molecule has 1 amide bonds. The molecule has 2 N–H and O–H groups in total. The van der Waals surface area contributed by atoms with E-state index in [0.29, 0.717) is 61.1 Å². The molecule has 7 nitrogen and oxygen atoms in total. The van der Waals surface area contributed by atoms with Gasteiger partial charge in [0.25, 0.3) is 11.7 Å². The molecule has 2 aromatic carbocycles. The van der Waals surface area contributed by atoms with E-state index in [0.717, 1.165) is 0 Å². The van der Waals surface area contributed by atoms with E-state index in [-0.39, 0.29) is 17.9 Å². The maximum atomic E-state index is 13.0. The van der Waals surface area contributed by atoms with Gasteiger partial charge in [0.15, 0.2) is 0 Å². The van der Waals surface area contributed by atoms with Gasteiger partial charge in [-0.1, -0.05) is 32.9 Å². The summed E-state index contributed by atoms with van der Waals surface area (Å²) in [5.41, 5.74) is 1.17. The quantitative estimate of drug-likeness (QED) is 0.221. The third kappa shape index (κ3) is 5.78. The van der Waals surface area contributed by atoms with Crippen molar-refractivity contribution in [3.8, 4) is 11.5 Å². The normalized spacial score (nSPS) is 17.4. The van der Waals surface area contributed by atoms with Gasteiger partial charge in [-0.15, -0.1) is 0 Å². The van der Waals surface area contributed by atoms with E-state index in [4.69, 9.17) is 14.6 Å². The highest BCUT2D eigenvalue weighted by molar-refractivity contribution is 6.46. The topological polar surface area (TPSA) is 96.3 Å². The molecule has 0 aromatic heterocycles. The first-order valence-corrected chi connectivity index (χ1v) is 11.7. The van der Waals surface area contributed by atoms with Crippen LogP contribution in [0.1, 0.15) is 50.8 Å². The average Bonchev–Trinajstić information content (AvgIpc) is 3.08. The number of hydrogen-bond acceptors (Lipinski definition) is 6. The number of benzene rings is 2. The second kappa shape index (κ2) is 11.7. The van der Waals surface area contributed by atoms with Crippen molar-refractivity contribution in [2.45, 2.75) is 39.7 Å². The molecule has 182 valence electrons. The van der Waals surface area contributed by atoms with Gasteiger partial charge in [0.1, 0.15) is 17.3 Å². The zero-order chi connectivity index (χ0) is 24.7. The lowest BCUT2D eigenvalue weighted by molar-refractivity contribution is -0.139. The Balaban J connectivity index is 2.00. The fraction of sp³-hybridized carbons (Fsp3) is 0.407. The fourth-order valence-electron chi connectivity index (χ4n) is 3.85. The highest BCUT2D eigenvalue weighted by Crippen LogP contribution is 2.40. The highest BCUT2D eigenvalue weighted by atomic mass is 16.5. The molecule has 1 atom stereocenters. The smallest absolute Gasteiger partial charge is 0.295 e. The van der Waals surface area contributed by atoms with Crippen molar-refractivity contribution in [2.75, 3.05) is 26.4 Å². The molecule has 1 saturated heterocycles. The number of aliphatic hydroxyl groups is 2. The summed E-state index contributed by atoms with van der Waals surface area (Å²) in [5, 5.41) is 20.2. The molecule has 1 unspecified atom stereocenters. The predicted molar refractivity (Wildman–Crippen MR) is 130 cm³/mol. The molecule has 0 spiro atoms. The lowest BCUT2D eigenvalue weighted by Crippen LogP contribution is -2.30. The lowest BCUT2D eigenvalue weighted by atomic mass is 9.95. The Morgan fingerprint density at radius 3 is 2.44 bits per heavy atom. The van der Waals surface area contributed by atoms with Crippen molar-refractivity contribution >= 4 is 17.4 Å². The van der Waals surface area contributed by atoms with Crippen molar-refractivity contribution in [3.05, 3.63) is 65.2 Å². The minimum Gasteiger partial charge on any atom is -0.507 e. The van der Waals surface area contributed by atoms with E-state index in [9.17, 15) is 14.7 Å². The van der Waals surface area contributed by atoms with Crippen LogP contribution in [0.5, 0.6) is 11.5 Å². The molecule has 34 heavy (non-hydrogen) atoms. The molecule has 3 rings (SSSR count). The van der Waals surface area contributed by atoms with E-state index in [1.54, 1.807) is 42.5 Å². The van der Waals surface area contributed by atoms with Crippen LogP contribution < -0.4 is 9.47 Å². The maximum Gasteiger partial charge on any atom is 0.295 e. The number of nitrogens with zero attached hydrogens (tertiary/aromatic N) is 1. The van der Waals surface area contributed by atoms with Gasteiger partial charge in [-0.3, -0.25) is 9.59 Å². The van der Waals surface area contributed by atoms with Crippen LogP contribution in [0.2, 0.25) is 0 Å². The number of Topliss-reactive ketones (excluding diaryl/α,β-unsaturated/α-hetero) is 1. The number of rotatable bonds is 11. The first-order valence-electron chi connectivity index (χ1n) is 11.7. The minimum absolute atomic E-state index is 0.0255. The van der Waals surface area contributed by atoms with E-state index < -0.39 is 17.7 Å². The first kappa shape index (κ1) is 25.3. The standard InChI is InChI=1S/C27H33NO6/c1-4-13-28-24(20-7-5-8-22(16-20)33-15-6-14-29)23(26(31)27(28)32)25(30)19-9-11-21(12-10-19)34-17-18(2)3/h5,7-12,16,18,24,29-30H,4,6,13-15,17H2,1-3H3/b25-23-. The van der Waals surface area contributed by atoms with Crippen molar-refractivity contribution in [1.29, 1.82) is 0 Å². The molecule has 1 aliphatic rings. The molecule has 0 aliphatic carbocycles. The Morgan fingerprint density at radius 2 is 1.79 bits per heavy atom. The van der Waals surface area contributed by atoms with Crippen molar-refractivity contribution in [2.24, 2.45) is 5.92 Å². The third-order valence-corrected chi connectivity index (χ3v) is 5.46. The second-order valence-corrected chi connectivity index (χ2v) is 8.72. The van der Waals surface area contributed by atoms with Crippen LogP contribution in [-0.2, 0) is 9.59 Å². The molecular formula is C27H33NO6. The number of aliphatic hydroxyl groups excluding tert-OH is 2. The Bertz CT molecular complexity index is 1030. The summed E-state index contributed by atoms with van der Waals surface area (Å²) in [5.74, 6) is 0.0650. The molecule has 0 bridgehead atoms. The number of ketones is 1. The molecule has 7 heteroatoms. The number of ether oxygens (including phenoxy) is 2. The molecule has 0 saturated carbocycles. The van der Waals surface area contributed by atoms with Gasteiger partial charge in [0, 0.05) is 25.1 Å². The van der Waals surface area contributed by atoms with Crippen LogP contribution in [-0.4, -0.2) is 53.2 Å². The minimum atomic E-state index is -0.724. The first-order chi connectivity index (χ1) is 16.4. The van der Waals surface area contributed by atoms with Crippen LogP contribution in [0.15, 0.2) is 54.1 Å². The average molecular weight is 468 g/mol. The van der Waals surface area contributed by atoms with Crippen LogP contribution in [0.4, 0.5) is 0 Å². The number of hydrogen-bond donors (Lipinski definition) is 2. The maximum absolute atomic E-state index is 13.0. The van der Waals surface area contributed by atoms with E-state index >= 15 is 0 Å². The van der Waals surface area contributed by atoms with E-state index in [1.807, 2.05) is 13.0 Å². The Labute approximate surface area is 200 Å². The van der Waals surface area contributed by atoms with Gasteiger partial charge in [-0.2, -0.15) is 0 Å². The monoisotopic (exact) mass is 467 g/mol. The van der Waals surface area contributed by atoms with Crippen molar-refractivity contribution < 1.29 is 29.3 Å². The summed E-state index contributed by atoms with van der Waals surface area (Å²) in [4.78, 5) is 27.4. The summed E-state index contributed by atoms with van der Waals surface area (Å²) >= 11 is 0. The van der Waals surface area contributed by atoms with Gasteiger partial charge in [0.2, 0.25) is 0 Å². The van der Waals surface area contributed by atoms with Crippen LogP contribution in [0.3, 0.4) is 0 Å². The number of carbonyl (C=O) groups is 2. The number of amides is 1. The van der Waals surface area contributed by atoms with Crippen LogP contribution in [0.25, 0.3) is 5.76 Å². The van der Waals surface area contributed by atoms with E-state index in [1.165, 1.54) is 4.90 Å². The molecule has 1 fully saturated rings. The molecule has 1 aliphatic heterocycles. The molecule has 0 radical (unpaired) electrons. The van der Waals surface area contributed by atoms with Gasteiger partial charge in [-0.05, 0) is 54.3 Å². The van der Waals surface area contributed by atoms with Crippen molar-refractivity contribution in [3.63, 3.8) is 0 Å². The summed E-state index contributed by atoms with van der Waals surface area (Å²) < 4.78 is 11.4. The zero-order valence-electron chi connectivity index (χ0n) is 20.0. The SMILES string of the molecule is CCCN1C(=O)C(=O)/C(=C(\O)c2ccc(OCC(C)C)cc2)C1c1cccc(OCCCO)c1. The Hall–Kier alpha value is -3.32. The number of carbonyl (C=O) groups excluding carboxylic acids is 2. The molecule has 2 aromatic rings. The van der Waals surface area contributed by atoms with E-state index in [2.05, 4.69) is 13.8 Å². The lowest BCUT2D eigenvalue weighted by Gasteiger charge is -2.25. The van der Waals surface area contributed by atoms with Gasteiger partial charge >= 0.3 is 0 Å². The van der Waals surface area contributed by atoms with Gasteiger partial charge in [-0.25, -0.2) is 0 Å². The largest absolute Gasteiger partial charge is 0.507 e. The third-order valence-electron chi connectivity index (χ3n) is 5.46. The summed E-state index contributed by atoms with van der Waals surface area (Å²) in [6.07, 6.45) is 1.16. The predicted octanol–water partition coefficient (Wildman–Crippen LogP) is 4.31. The summed E-state index contributed by atoms with van der Waals surface area (Å²) in [6, 6.07) is 13.3. The zero-order valence-corrected chi connectivity index (χ0v) is 20.0. The fourth-order valence-corrected chi connectivity index (χ4v) is 3.85. The summed E-state index contributed by atoms with van der Waals surface area (Å²) in [7, 11) is 0. The second-order valence-electron chi connectivity index (χ2n) is 8.72. The summed E-state index contributed by atoms with van der Waals surface area (Å²) in [6.45, 7) is 7.37. The number of likely N-dealkylation sites (tertiary alicyclic amines) is 1. The highest BCUT2D eigenvalue weighted by Gasteiger charge is 2.45. The Morgan fingerprint density at radius 1 is 1.06 bits per heavy atom. The molecular weight excluding hydrogens is 434 g/mol. The van der Waals surface area contributed by atoms with Gasteiger partial charge in [0.05, 0.1) is 24.8 Å². The Kier molecular flexibility index (Phi) is 8.71.